The number of fused-ring (bicyclic) bond motifs is 4. The summed E-state index contributed by atoms with van der Waals surface area (Å²) in [7, 11) is 0. The highest BCUT2D eigenvalue weighted by Crippen LogP contribution is 2.42. The third-order valence-corrected chi connectivity index (χ3v) is 16.2. The van der Waals surface area contributed by atoms with Gasteiger partial charge in [-0.15, -0.1) is 35.1 Å². The van der Waals surface area contributed by atoms with Crippen LogP contribution in [0.15, 0.2) is 142 Å². The number of thioether (sulfide) groups is 2. The van der Waals surface area contributed by atoms with Gasteiger partial charge in [-0.2, -0.15) is 140 Å². The van der Waals surface area contributed by atoms with Crippen LogP contribution < -0.4 is 64.8 Å². The molecule has 700 valence electrons. The van der Waals surface area contributed by atoms with Crippen LogP contribution in [0.4, 0.5) is 145 Å². The van der Waals surface area contributed by atoms with Crippen molar-refractivity contribution in [3.8, 4) is 17.2 Å². The highest BCUT2D eigenvalue weighted by molar-refractivity contribution is 7.99. The Morgan fingerprint density at radius 2 is 0.677 bits per heavy atom. The molecule has 0 unspecified atom stereocenters. The second-order valence-electron chi connectivity index (χ2n) is 23.6. The fourth-order valence-corrected chi connectivity index (χ4v) is 9.47. The van der Waals surface area contributed by atoms with Gasteiger partial charge in [-0.05, 0) is 30.7 Å². The molecular weight excluding hydrogens is 1910 g/mol. The van der Waals surface area contributed by atoms with Crippen LogP contribution in [0, 0.1) is 0 Å². The van der Waals surface area contributed by atoms with E-state index >= 15 is 0 Å². The summed E-state index contributed by atoms with van der Waals surface area (Å²) in [5, 5.41) is 0.708. The lowest BCUT2D eigenvalue weighted by Crippen LogP contribution is -2.39. The molecule has 61 heteroatoms. The maximum absolute atomic E-state index is 13.6. The number of aliphatic imine (C=N–C) groups is 4. The van der Waals surface area contributed by atoms with E-state index in [9.17, 15) is 169 Å². The van der Waals surface area contributed by atoms with E-state index < -0.39 is 224 Å². The summed E-state index contributed by atoms with van der Waals surface area (Å²) in [6.45, 7) is -9.84. The third kappa shape index (κ3) is 28.0. The minimum absolute atomic E-state index is 0.00619. The van der Waals surface area contributed by atoms with Crippen LogP contribution >= 0.6 is 46.7 Å². The zero-order chi connectivity index (χ0) is 97.2. The number of rotatable bonds is 24. The lowest BCUT2D eigenvalue weighted by atomic mass is 10.1. The molecule has 0 radical (unpaired) electrons. The van der Waals surface area contributed by atoms with Crippen LogP contribution in [0.25, 0.3) is 44.9 Å². The average Bonchev–Trinajstić information content (AvgIpc) is 0.772. The molecule has 0 amide bonds. The lowest BCUT2D eigenvalue weighted by molar-refractivity contribution is -0.276. The van der Waals surface area contributed by atoms with E-state index in [-0.39, 0.29) is 54.1 Å². The van der Waals surface area contributed by atoms with Crippen molar-refractivity contribution < 1.29 is 159 Å². The Kier molecular flexibility index (Phi) is 36.4. The first-order valence-corrected chi connectivity index (χ1v) is 36.4. The highest BCUT2D eigenvalue weighted by atomic mass is 35.5. The van der Waals surface area contributed by atoms with Gasteiger partial charge in [0, 0.05) is 127 Å². The monoisotopic (exact) mass is 1960 g/mol. The van der Waals surface area contributed by atoms with Crippen molar-refractivity contribution >= 4 is 116 Å². The Morgan fingerprint density at radius 3 is 0.929 bits per heavy atom. The first-order valence-electron chi connectivity index (χ1n) is 32.6. The quantitative estimate of drug-likeness (QED) is 0.0162. The van der Waals surface area contributed by atoms with Gasteiger partial charge in [0.25, 0.3) is 22.2 Å². The number of hydrogen-bond donors (Lipinski definition) is 5. The molecule has 9 N–H and O–H groups in total. The summed E-state index contributed by atoms with van der Waals surface area (Å²) in [5.74, 6) is -21.0. The van der Waals surface area contributed by atoms with E-state index in [4.69, 9.17) is 55.6 Å². The van der Waals surface area contributed by atoms with Gasteiger partial charge < -0.3 is 42.1 Å². The minimum Gasteiger partial charge on any atom is -0.483 e. The Bertz CT molecular complexity index is 5600. The van der Waals surface area contributed by atoms with Crippen LogP contribution in [-0.4, -0.2) is 174 Å². The van der Waals surface area contributed by atoms with Crippen molar-refractivity contribution in [1.29, 1.82) is 0 Å². The number of nitrogens with two attached hydrogens (primary N) is 4. The summed E-state index contributed by atoms with van der Waals surface area (Å²) in [6.07, 6.45) is -34.7. The first-order chi connectivity index (χ1) is 58.3. The number of allylic oxidation sites excluding steroid dienone is 4. The predicted molar refractivity (Wildman–Crippen MR) is 396 cm³/mol. The molecule has 0 fully saturated rings. The topological polar surface area (TPSA) is 339 Å². The van der Waals surface area contributed by atoms with Crippen molar-refractivity contribution in [2.24, 2.45) is 42.9 Å². The number of aromatic amines is 1. The number of ether oxygens (including phenoxy) is 3. The normalized spacial score (nSPS) is 13.7. The third-order valence-electron chi connectivity index (χ3n) is 14.9. The lowest BCUT2D eigenvalue weighted by Gasteiger charge is -2.17. The SMILES string of the molecule is CSCCl.CSCOc1ccn2c(=O)c(C(C=NCC(F)(F)C(F)(F)F)=CN)c(C(F)(F)F)nc2c1.NC=C(C=NCC(F)(F)C(F)(F)F)c1c(C(F)(F)F)[nH]c2cc(=O)ccn2c1=O.NC=C(C=NCC(F)(F)C(F)(F)F)c1c(C(F)(F)F)nc2cc(OCCl)ccn2c1=O.NC=C(C=NCC(F)(F)C(F)(F)F)c1c(C(F)(F)F)nc2cc(OCF)ccn2c1=O. The Balaban J connectivity index is 0.000000350. The zero-order valence-corrected chi connectivity index (χ0v) is 65.4. The number of nitrogens with one attached hydrogen (secondary N) is 1. The molecule has 0 bridgehead atoms. The molecule has 127 heavy (non-hydrogen) atoms. The molecule has 24 nitrogen and oxygen atoms in total. The van der Waals surface area contributed by atoms with Crippen LogP contribution in [-0.2, 0) is 24.7 Å². The summed E-state index contributed by atoms with van der Waals surface area (Å²) in [4.78, 5) is 84.9. The molecule has 0 spiro atoms. The van der Waals surface area contributed by atoms with Crippen molar-refractivity contribution in [2.45, 2.75) is 73.1 Å². The molecule has 8 rings (SSSR count). The summed E-state index contributed by atoms with van der Waals surface area (Å²) < 4.78 is 442. The largest absolute Gasteiger partial charge is 0.483 e. The minimum atomic E-state index is -5.95. The predicted octanol–water partition coefficient (Wildman–Crippen LogP) is 15.5. The van der Waals surface area contributed by atoms with Crippen molar-refractivity contribution in [3.63, 3.8) is 0 Å². The average molecular weight is 1960 g/mol. The van der Waals surface area contributed by atoms with Gasteiger partial charge in [-0.1, -0.05) is 11.6 Å². The van der Waals surface area contributed by atoms with E-state index in [1.165, 1.54) is 23.9 Å². The maximum atomic E-state index is 13.6. The fourth-order valence-electron chi connectivity index (χ4n) is 9.09. The molecule has 8 aromatic heterocycles. The molecule has 0 aromatic carbocycles. The Labute approximate surface area is 701 Å². The van der Waals surface area contributed by atoms with Crippen molar-refractivity contribution in [3.05, 3.63) is 195 Å². The molecule has 0 atom stereocenters. The van der Waals surface area contributed by atoms with E-state index in [1.54, 1.807) is 18.0 Å². The Morgan fingerprint density at radius 1 is 0.402 bits per heavy atom. The maximum Gasteiger partial charge on any atom is 0.455 e. The van der Waals surface area contributed by atoms with Crippen molar-refractivity contribution in [1.82, 2.24) is 37.5 Å². The summed E-state index contributed by atoms with van der Waals surface area (Å²) in [5.41, 5.74) is -2.74. The van der Waals surface area contributed by atoms with E-state index in [1.807, 2.05) is 11.2 Å². The van der Waals surface area contributed by atoms with Crippen LogP contribution in [0.5, 0.6) is 17.2 Å². The number of aromatic nitrogens is 8. The zero-order valence-electron chi connectivity index (χ0n) is 62.2. The smallest absolute Gasteiger partial charge is 0.455 e. The molecular formula is C66H51Cl2F33N16O8S2. The van der Waals surface area contributed by atoms with E-state index in [0.29, 0.717) is 53.7 Å². The van der Waals surface area contributed by atoms with Gasteiger partial charge in [0.05, 0.1) is 27.5 Å². The van der Waals surface area contributed by atoms with Crippen LogP contribution in [0.1, 0.15) is 45.0 Å². The molecule has 8 heterocycles. The summed E-state index contributed by atoms with van der Waals surface area (Å²) >= 11 is 13.4. The van der Waals surface area contributed by atoms with Gasteiger partial charge in [0.1, 0.15) is 77.6 Å². The van der Waals surface area contributed by atoms with Crippen molar-refractivity contribution in [2.75, 3.05) is 62.8 Å². The van der Waals surface area contributed by atoms with Gasteiger partial charge in [-0.3, -0.25) is 61.5 Å². The van der Waals surface area contributed by atoms with Gasteiger partial charge in [-0.25, -0.2) is 19.3 Å². The number of halogens is 35. The second kappa shape index (κ2) is 42.8. The second-order valence-corrected chi connectivity index (χ2v) is 26.1. The van der Waals surface area contributed by atoms with Crippen LogP contribution in [0.2, 0.25) is 0 Å². The van der Waals surface area contributed by atoms with Gasteiger partial charge in [0.15, 0.2) is 28.6 Å². The van der Waals surface area contributed by atoms with Gasteiger partial charge >= 0.3 is 73.1 Å². The molecule has 0 saturated carbocycles. The molecule has 8 aromatic rings. The number of nitrogens with zero attached hydrogens (tertiary/aromatic N) is 11. The van der Waals surface area contributed by atoms with Crippen LogP contribution in [0.3, 0.4) is 0 Å². The van der Waals surface area contributed by atoms with Gasteiger partial charge in [0.2, 0.25) is 6.86 Å². The molecule has 0 saturated heterocycles. The first kappa shape index (κ1) is 108. The molecule has 0 aliphatic carbocycles. The molecule has 0 aliphatic heterocycles. The number of pyridine rings is 4. The Hall–Kier alpha value is -11.6. The molecule has 0 aliphatic rings. The highest BCUT2D eigenvalue weighted by Gasteiger charge is 2.60. The number of alkyl halides is 35. The number of H-pyrrole nitrogens is 1. The van der Waals surface area contributed by atoms with E-state index in [2.05, 4.69) is 39.7 Å². The summed E-state index contributed by atoms with van der Waals surface area (Å²) in [6, 6.07) is 7.57. The van der Waals surface area contributed by atoms with E-state index in [0.717, 1.165) is 55.1 Å². The fraction of sp³-hybridized carbons (Fsp3) is 0.333. The number of hydrogen-bond acceptors (Lipinski definition) is 21. The standard InChI is InChI=1S/C17H14F8N4O2S.C16H11ClF8N4O2.C16H11F9N4O2.C15H10F8N4O2.C2H5ClS/c1-32-8-31-10-2-3-29-11(4-10)28-13(16(20,21)22)12(14(29)30)9(5-26)6-27-7-15(18,19)17(23,24)25;2*17-7-31-9-1-2-29-10(3-9)28-12(15(20,21)22)11(13(29)30)8(4-26)5-27-6-14(18,19)16(23,24)25;16-13(17,15(21,22)23)6-25-5-7(4-24)10-11(14(18,19)20)26-9-3-8(28)1-2-27(9)12(10)29;1-4-2-3/h2-6H,7-8,26H2,1H3;2*1-5H,6-7,26H2;1-5,26H,6,24H2;2H2,1H3.